The smallest absolute Gasteiger partial charge is 0.345 e. The molecule has 2 aromatic carbocycles. The Bertz CT molecular complexity index is 664. The third-order valence-electron chi connectivity index (χ3n) is 4.13. The van der Waals surface area contributed by atoms with E-state index in [0.29, 0.717) is 12.2 Å². The van der Waals surface area contributed by atoms with Gasteiger partial charge in [-0.25, -0.2) is 4.79 Å². The van der Waals surface area contributed by atoms with Crippen LogP contribution >= 0.6 is 0 Å². The van der Waals surface area contributed by atoms with E-state index >= 15 is 0 Å². The van der Waals surface area contributed by atoms with Gasteiger partial charge < -0.3 is 9.84 Å². The van der Waals surface area contributed by atoms with Crippen LogP contribution in [0.4, 0.5) is 0 Å². The standard InChI is InChI=1S/C21H26O3/c1-5-15-6-8-16(9-7-15)14-19(20(22)23)24-18-12-10-17(11-13-18)21(2,3)4/h6-13,19H,5,14H2,1-4H3,(H,22,23)/t19-/m1/s1. The lowest BCUT2D eigenvalue weighted by atomic mass is 9.87. The van der Waals surface area contributed by atoms with Gasteiger partial charge in [0.1, 0.15) is 5.75 Å². The van der Waals surface area contributed by atoms with E-state index in [-0.39, 0.29) is 5.41 Å². The summed E-state index contributed by atoms with van der Waals surface area (Å²) in [4.78, 5) is 11.5. The zero-order valence-electron chi connectivity index (χ0n) is 14.9. The maximum Gasteiger partial charge on any atom is 0.345 e. The fourth-order valence-corrected chi connectivity index (χ4v) is 2.50. The molecule has 0 aromatic heterocycles. The molecule has 128 valence electrons. The average Bonchev–Trinajstić information content (AvgIpc) is 2.54. The fourth-order valence-electron chi connectivity index (χ4n) is 2.50. The van der Waals surface area contributed by atoms with Crippen LogP contribution in [0.25, 0.3) is 0 Å². The molecular formula is C21H26O3. The van der Waals surface area contributed by atoms with Gasteiger partial charge in [-0.3, -0.25) is 0 Å². The quantitative estimate of drug-likeness (QED) is 0.842. The molecule has 0 aliphatic rings. The second-order valence-electron chi connectivity index (χ2n) is 7.09. The fraction of sp³-hybridized carbons (Fsp3) is 0.381. The Kier molecular flexibility index (Phi) is 5.66. The first-order valence-electron chi connectivity index (χ1n) is 8.37. The van der Waals surface area contributed by atoms with Gasteiger partial charge in [0.2, 0.25) is 0 Å². The van der Waals surface area contributed by atoms with Gasteiger partial charge in [-0.15, -0.1) is 0 Å². The molecule has 0 amide bonds. The lowest BCUT2D eigenvalue weighted by Crippen LogP contribution is -2.29. The Balaban J connectivity index is 2.09. The Morgan fingerprint density at radius 1 is 1.00 bits per heavy atom. The molecule has 0 spiro atoms. The summed E-state index contributed by atoms with van der Waals surface area (Å²) >= 11 is 0. The number of carboxylic acid groups (broad SMARTS) is 1. The van der Waals surface area contributed by atoms with Gasteiger partial charge in [-0.2, -0.15) is 0 Å². The van der Waals surface area contributed by atoms with Crippen molar-refractivity contribution < 1.29 is 14.6 Å². The number of aliphatic carboxylic acids is 1. The van der Waals surface area contributed by atoms with Gasteiger partial charge in [-0.1, -0.05) is 64.1 Å². The summed E-state index contributed by atoms with van der Waals surface area (Å²) in [6.07, 6.45) is 0.428. The van der Waals surface area contributed by atoms with E-state index in [2.05, 4.69) is 27.7 Å². The van der Waals surface area contributed by atoms with Crippen LogP contribution in [0, 0.1) is 0 Å². The highest BCUT2D eigenvalue weighted by molar-refractivity contribution is 5.73. The van der Waals surface area contributed by atoms with Crippen molar-refractivity contribution >= 4 is 5.97 Å². The Morgan fingerprint density at radius 3 is 2.00 bits per heavy atom. The van der Waals surface area contributed by atoms with E-state index in [1.807, 2.05) is 48.5 Å². The number of carboxylic acids is 1. The third-order valence-corrected chi connectivity index (χ3v) is 4.13. The Labute approximate surface area is 144 Å². The normalized spacial score (nSPS) is 12.7. The highest BCUT2D eigenvalue weighted by Crippen LogP contribution is 2.25. The van der Waals surface area contributed by atoms with Crippen molar-refractivity contribution in [3.8, 4) is 5.75 Å². The predicted molar refractivity (Wildman–Crippen MR) is 96.7 cm³/mol. The van der Waals surface area contributed by atoms with Crippen LogP contribution in [0.5, 0.6) is 5.75 Å². The molecule has 3 nitrogen and oxygen atoms in total. The highest BCUT2D eigenvalue weighted by atomic mass is 16.5. The third kappa shape index (κ3) is 4.85. The van der Waals surface area contributed by atoms with E-state index < -0.39 is 12.1 Å². The molecule has 3 heteroatoms. The molecule has 0 aliphatic carbocycles. The number of hydrogen-bond acceptors (Lipinski definition) is 2. The molecular weight excluding hydrogens is 300 g/mol. The van der Waals surface area contributed by atoms with E-state index in [1.54, 1.807) is 0 Å². The molecule has 1 atom stereocenters. The highest BCUT2D eigenvalue weighted by Gasteiger charge is 2.20. The zero-order chi connectivity index (χ0) is 17.7. The van der Waals surface area contributed by atoms with Crippen LogP contribution in [-0.4, -0.2) is 17.2 Å². The average molecular weight is 326 g/mol. The Morgan fingerprint density at radius 2 is 1.54 bits per heavy atom. The summed E-state index contributed by atoms with van der Waals surface area (Å²) in [5, 5.41) is 9.46. The SMILES string of the molecule is CCc1ccc(C[C@@H](Oc2ccc(C(C)(C)C)cc2)C(=O)O)cc1. The summed E-state index contributed by atoms with van der Waals surface area (Å²) in [7, 11) is 0. The van der Waals surface area contributed by atoms with Crippen LogP contribution in [0.3, 0.4) is 0 Å². The van der Waals surface area contributed by atoms with Crippen LogP contribution in [0.1, 0.15) is 44.4 Å². The Hall–Kier alpha value is -2.29. The van der Waals surface area contributed by atoms with Crippen molar-refractivity contribution in [3.05, 3.63) is 65.2 Å². The molecule has 0 saturated carbocycles. The number of rotatable bonds is 6. The number of ether oxygens (including phenoxy) is 1. The van der Waals surface area contributed by atoms with Gasteiger partial charge in [0.05, 0.1) is 0 Å². The van der Waals surface area contributed by atoms with Crippen molar-refractivity contribution in [2.24, 2.45) is 0 Å². The molecule has 0 saturated heterocycles. The minimum atomic E-state index is -0.950. The van der Waals surface area contributed by atoms with E-state index in [1.165, 1.54) is 11.1 Å². The minimum absolute atomic E-state index is 0.0613. The van der Waals surface area contributed by atoms with Crippen LogP contribution < -0.4 is 4.74 Å². The molecule has 0 unspecified atom stereocenters. The van der Waals surface area contributed by atoms with Crippen LogP contribution in [-0.2, 0) is 23.1 Å². The monoisotopic (exact) mass is 326 g/mol. The zero-order valence-corrected chi connectivity index (χ0v) is 14.9. The summed E-state index contributed by atoms with van der Waals surface area (Å²) in [5.41, 5.74) is 3.46. The van der Waals surface area contributed by atoms with E-state index in [0.717, 1.165) is 12.0 Å². The van der Waals surface area contributed by atoms with Crippen molar-refractivity contribution in [3.63, 3.8) is 0 Å². The molecule has 0 radical (unpaired) electrons. The van der Waals surface area contributed by atoms with Gasteiger partial charge in [0.25, 0.3) is 0 Å². The van der Waals surface area contributed by atoms with Gasteiger partial charge in [0.15, 0.2) is 6.10 Å². The van der Waals surface area contributed by atoms with Crippen molar-refractivity contribution in [1.82, 2.24) is 0 Å². The molecule has 24 heavy (non-hydrogen) atoms. The van der Waals surface area contributed by atoms with Crippen molar-refractivity contribution in [2.75, 3.05) is 0 Å². The summed E-state index contributed by atoms with van der Waals surface area (Å²) in [6, 6.07) is 15.7. The molecule has 0 fully saturated rings. The lowest BCUT2D eigenvalue weighted by molar-refractivity contribution is -0.145. The maximum atomic E-state index is 11.5. The van der Waals surface area contributed by atoms with E-state index in [9.17, 15) is 9.90 Å². The van der Waals surface area contributed by atoms with Gasteiger partial charge >= 0.3 is 5.97 Å². The lowest BCUT2D eigenvalue weighted by Gasteiger charge is -2.20. The number of aryl methyl sites for hydroxylation is 1. The second kappa shape index (κ2) is 7.52. The second-order valence-corrected chi connectivity index (χ2v) is 7.09. The topological polar surface area (TPSA) is 46.5 Å². The minimum Gasteiger partial charge on any atom is -0.478 e. The molecule has 0 aliphatic heterocycles. The molecule has 0 heterocycles. The molecule has 2 rings (SSSR count). The first-order valence-corrected chi connectivity index (χ1v) is 8.37. The summed E-state index contributed by atoms with van der Waals surface area (Å²) in [6.45, 7) is 8.52. The summed E-state index contributed by atoms with van der Waals surface area (Å²) < 4.78 is 5.70. The van der Waals surface area contributed by atoms with Crippen LogP contribution in [0.2, 0.25) is 0 Å². The van der Waals surface area contributed by atoms with Crippen molar-refractivity contribution in [1.29, 1.82) is 0 Å². The first-order chi connectivity index (χ1) is 11.3. The van der Waals surface area contributed by atoms with Crippen molar-refractivity contribution in [2.45, 2.75) is 52.1 Å². The maximum absolute atomic E-state index is 11.5. The van der Waals surface area contributed by atoms with Gasteiger partial charge in [-0.05, 0) is 40.7 Å². The number of carbonyl (C=O) groups is 1. The molecule has 0 bridgehead atoms. The molecule has 2 aromatic rings. The molecule has 1 N–H and O–H groups in total. The number of hydrogen-bond donors (Lipinski definition) is 1. The van der Waals surface area contributed by atoms with E-state index in [4.69, 9.17) is 4.74 Å². The predicted octanol–water partition coefficient (Wildman–Crippen LogP) is 4.62. The largest absolute Gasteiger partial charge is 0.478 e. The number of benzene rings is 2. The summed E-state index contributed by atoms with van der Waals surface area (Å²) in [5.74, 6) is -0.366. The van der Waals surface area contributed by atoms with Crippen LogP contribution in [0.15, 0.2) is 48.5 Å². The van der Waals surface area contributed by atoms with Gasteiger partial charge in [0, 0.05) is 6.42 Å². The first kappa shape index (κ1) is 18.1.